The van der Waals surface area contributed by atoms with Gasteiger partial charge in [-0.15, -0.1) is 0 Å². The van der Waals surface area contributed by atoms with E-state index in [0.29, 0.717) is 25.7 Å². The highest BCUT2D eigenvalue weighted by molar-refractivity contribution is 7.47. The Morgan fingerprint density at radius 2 is 0.545 bits per heavy atom. The van der Waals surface area contributed by atoms with Crippen molar-refractivity contribution >= 4 is 39.5 Å². The number of phosphoric acid groups is 2. The summed E-state index contributed by atoms with van der Waals surface area (Å²) in [4.78, 5) is 72.9. The van der Waals surface area contributed by atoms with Crippen LogP contribution in [-0.2, 0) is 65.4 Å². The summed E-state index contributed by atoms with van der Waals surface area (Å²) in [6.07, 6.45) is 65.9. The van der Waals surface area contributed by atoms with Crippen LogP contribution in [0.15, 0.2) is 24.3 Å². The lowest BCUT2D eigenvalue weighted by atomic mass is 10.0. The Labute approximate surface area is 605 Å². The van der Waals surface area contributed by atoms with Crippen molar-refractivity contribution in [2.24, 2.45) is 5.92 Å². The van der Waals surface area contributed by atoms with Crippen LogP contribution >= 0.6 is 15.6 Å². The third kappa shape index (κ3) is 73.6. The lowest BCUT2D eigenvalue weighted by Crippen LogP contribution is -2.30. The molecule has 0 rings (SSSR count). The Morgan fingerprint density at radius 3 is 0.828 bits per heavy atom. The van der Waals surface area contributed by atoms with Gasteiger partial charge in [0, 0.05) is 25.7 Å². The molecule has 0 amide bonds. The minimum Gasteiger partial charge on any atom is -0.462 e. The smallest absolute Gasteiger partial charge is 0.462 e. The second-order valence-electron chi connectivity index (χ2n) is 28.6. The van der Waals surface area contributed by atoms with Gasteiger partial charge in [-0.1, -0.05) is 348 Å². The first-order valence-corrected chi connectivity index (χ1v) is 43.9. The van der Waals surface area contributed by atoms with Crippen molar-refractivity contribution in [3.8, 4) is 0 Å². The van der Waals surface area contributed by atoms with Gasteiger partial charge in [0.25, 0.3) is 0 Å². The normalized spacial score (nSPS) is 14.0. The number of hydrogen-bond donors (Lipinski definition) is 3. The molecule has 0 spiro atoms. The molecule has 99 heavy (non-hydrogen) atoms. The average molecular weight is 1450 g/mol. The lowest BCUT2D eigenvalue weighted by molar-refractivity contribution is -0.161. The number of allylic oxidation sites excluding steroid dienone is 4. The van der Waals surface area contributed by atoms with Gasteiger partial charge in [0.05, 0.1) is 26.4 Å². The summed E-state index contributed by atoms with van der Waals surface area (Å²) < 4.78 is 68.6. The molecule has 2 unspecified atom stereocenters. The van der Waals surface area contributed by atoms with Crippen LogP contribution in [0.1, 0.15) is 401 Å². The first-order valence-electron chi connectivity index (χ1n) is 41.0. The molecule has 0 aliphatic carbocycles. The lowest BCUT2D eigenvalue weighted by Gasteiger charge is -2.21. The maximum Gasteiger partial charge on any atom is 0.472 e. The fourth-order valence-electron chi connectivity index (χ4n) is 11.9. The van der Waals surface area contributed by atoms with Crippen molar-refractivity contribution in [3.05, 3.63) is 24.3 Å². The van der Waals surface area contributed by atoms with E-state index in [-0.39, 0.29) is 25.7 Å². The predicted molar refractivity (Wildman–Crippen MR) is 404 cm³/mol. The predicted octanol–water partition coefficient (Wildman–Crippen LogP) is 23.6. The van der Waals surface area contributed by atoms with Crippen molar-refractivity contribution in [1.82, 2.24) is 0 Å². The Morgan fingerprint density at radius 1 is 0.313 bits per heavy atom. The third-order valence-electron chi connectivity index (χ3n) is 18.2. The van der Waals surface area contributed by atoms with E-state index < -0.39 is 97.5 Å². The summed E-state index contributed by atoms with van der Waals surface area (Å²) in [5, 5.41) is 10.6. The van der Waals surface area contributed by atoms with Gasteiger partial charge in [-0.2, -0.15) is 0 Å². The maximum atomic E-state index is 13.1. The number of rotatable bonds is 78. The van der Waals surface area contributed by atoms with Gasteiger partial charge in [0.15, 0.2) is 12.2 Å². The van der Waals surface area contributed by atoms with Crippen molar-refractivity contribution in [2.75, 3.05) is 39.6 Å². The SMILES string of the molecule is CCCCCC/C=C\C=C/CCCCCCCC(=O)O[C@H](COC(=O)CCCCCCCCCCCC)COP(=O)(O)OC[C@H](O)COP(=O)(O)OC[C@@H](COC(=O)CCCCCCCCCCCCCCCCCCC)OC(=O)CCCCCCCCCCCCCCCCC(C)C. The zero-order valence-electron chi connectivity index (χ0n) is 64.1. The minimum absolute atomic E-state index is 0.0855. The van der Waals surface area contributed by atoms with Gasteiger partial charge in [0.2, 0.25) is 0 Å². The monoisotopic (exact) mass is 1450 g/mol. The molecule has 19 heteroatoms. The molecule has 0 saturated carbocycles. The molecule has 0 aliphatic rings. The van der Waals surface area contributed by atoms with Crippen LogP contribution in [0.5, 0.6) is 0 Å². The number of esters is 4. The molecule has 3 N–H and O–H groups in total. The van der Waals surface area contributed by atoms with E-state index in [0.717, 1.165) is 109 Å². The Balaban J connectivity index is 5.27. The van der Waals surface area contributed by atoms with E-state index >= 15 is 0 Å². The molecule has 0 aromatic carbocycles. The van der Waals surface area contributed by atoms with Crippen LogP contribution < -0.4 is 0 Å². The number of hydrogen-bond acceptors (Lipinski definition) is 15. The average Bonchev–Trinajstić information content (AvgIpc) is 1.06. The molecule has 0 aromatic rings. The molecular weight excluding hydrogens is 1290 g/mol. The highest BCUT2D eigenvalue weighted by atomic mass is 31.2. The first kappa shape index (κ1) is 96.5. The van der Waals surface area contributed by atoms with Crippen LogP contribution in [0.25, 0.3) is 0 Å². The summed E-state index contributed by atoms with van der Waals surface area (Å²) >= 11 is 0. The molecule has 17 nitrogen and oxygen atoms in total. The van der Waals surface area contributed by atoms with E-state index in [1.165, 1.54) is 212 Å². The summed E-state index contributed by atoms with van der Waals surface area (Å²) in [5.74, 6) is -1.34. The summed E-state index contributed by atoms with van der Waals surface area (Å²) in [6, 6.07) is 0. The summed E-state index contributed by atoms with van der Waals surface area (Å²) in [5.41, 5.74) is 0. The summed E-state index contributed by atoms with van der Waals surface area (Å²) in [7, 11) is -9.93. The van der Waals surface area contributed by atoms with E-state index in [2.05, 4.69) is 58.9 Å². The highest BCUT2D eigenvalue weighted by Crippen LogP contribution is 2.45. The van der Waals surface area contributed by atoms with E-state index in [1.54, 1.807) is 0 Å². The molecule has 0 saturated heterocycles. The van der Waals surface area contributed by atoms with Gasteiger partial charge in [-0.05, 0) is 57.3 Å². The standard InChI is InChI=1S/C80H152O17P2/c1-6-9-12-15-18-21-24-26-28-29-31-35-39-44-49-54-59-64-78(83)91-70-76(97-80(85)66-61-56-51-46-41-37-33-32-34-38-42-47-52-57-62-73(4)5)72-95-99(88,89)93-68-74(81)67-92-98(86,87)94-71-75(69-90-77(82)63-58-53-48-43-23-20-17-14-11-8-3)96-79(84)65-60-55-50-45-40-36-30-27-25-22-19-16-13-10-7-2/h22,25,27,30,73-76,81H,6-21,23-24,26,28-29,31-72H2,1-5H3,(H,86,87)(H,88,89)/b25-22-,30-27-/t74-,75+,76+/m0/s1. The topological polar surface area (TPSA) is 237 Å². The molecule has 0 aromatic heterocycles. The molecule has 0 heterocycles. The van der Waals surface area contributed by atoms with Crippen molar-refractivity contribution in [1.29, 1.82) is 0 Å². The molecule has 5 atom stereocenters. The number of aliphatic hydroxyl groups excluding tert-OH is 1. The minimum atomic E-state index is -4.96. The van der Waals surface area contributed by atoms with Gasteiger partial charge < -0.3 is 33.8 Å². The van der Waals surface area contributed by atoms with Gasteiger partial charge in [-0.3, -0.25) is 37.3 Å². The number of carbonyl (C=O) groups excluding carboxylic acids is 4. The third-order valence-corrected chi connectivity index (χ3v) is 20.1. The van der Waals surface area contributed by atoms with Crippen LogP contribution in [0, 0.1) is 5.92 Å². The molecule has 0 aliphatic heterocycles. The van der Waals surface area contributed by atoms with Crippen molar-refractivity contribution in [2.45, 2.75) is 419 Å². The zero-order chi connectivity index (χ0) is 72.7. The fourth-order valence-corrected chi connectivity index (χ4v) is 13.4. The second kappa shape index (κ2) is 72.5. The van der Waals surface area contributed by atoms with Crippen LogP contribution in [-0.4, -0.2) is 96.7 Å². The van der Waals surface area contributed by atoms with Gasteiger partial charge >= 0.3 is 39.5 Å². The van der Waals surface area contributed by atoms with Crippen LogP contribution in [0.4, 0.5) is 0 Å². The van der Waals surface area contributed by atoms with E-state index in [1.807, 2.05) is 0 Å². The van der Waals surface area contributed by atoms with Gasteiger partial charge in [0.1, 0.15) is 19.3 Å². The zero-order valence-corrected chi connectivity index (χ0v) is 65.9. The molecule has 584 valence electrons. The second-order valence-corrected chi connectivity index (χ2v) is 31.5. The fraction of sp³-hybridized carbons (Fsp3) is 0.900. The quantitative estimate of drug-likeness (QED) is 0.0169. The van der Waals surface area contributed by atoms with Crippen LogP contribution in [0.2, 0.25) is 0 Å². The van der Waals surface area contributed by atoms with Crippen molar-refractivity contribution in [3.63, 3.8) is 0 Å². The number of ether oxygens (including phenoxy) is 4. The Bertz CT molecular complexity index is 1990. The first-order chi connectivity index (χ1) is 48.0. The number of unbranched alkanes of at least 4 members (excludes halogenated alkanes) is 47. The highest BCUT2D eigenvalue weighted by Gasteiger charge is 2.30. The molecule has 0 bridgehead atoms. The maximum absolute atomic E-state index is 13.1. The summed E-state index contributed by atoms with van der Waals surface area (Å²) in [6.45, 7) is 7.27. The van der Waals surface area contributed by atoms with Crippen molar-refractivity contribution < 1.29 is 80.2 Å². The Kier molecular flexibility index (Phi) is 70.7. The van der Waals surface area contributed by atoms with E-state index in [9.17, 15) is 43.2 Å². The molecule has 0 radical (unpaired) electrons. The van der Waals surface area contributed by atoms with E-state index in [4.69, 9.17) is 37.0 Å². The number of carbonyl (C=O) groups is 4. The molecular formula is C80H152O17P2. The largest absolute Gasteiger partial charge is 0.472 e. The van der Waals surface area contributed by atoms with Crippen LogP contribution in [0.3, 0.4) is 0 Å². The Hall–Kier alpha value is -2.46. The van der Waals surface area contributed by atoms with Gasteiger partial charge in [-0.25, -0.2) is 9.13 Å². The number of aliphatic hydroxyl groups is 1. The molecule has 0 fully saturated rings. The number of phosphoric ester groups is 2.